The molecule has 1 rings (SSSR count). The number of likely N-dealkylation sites (tertiary alicyclic amines) is 1. The number of carbonyl (C=O) groups is 3. The van der Waals surface area contributed by atoms with Crippen LogP contribution in [0.25, 0.3) is 0 Å². The third-order valence-electron chi connectivity index (χ3n) is 2.14. The van der Waals surface area contributed by atoms with Crippen molar-refractivity contribution in [1.82, 2.24) is 4.90 Å². The lowest BCUT2D eigenvalue weighted by molar-refractivity contribution is -0.148. The Morgan fingerprint density at radius 3 is 2.24 bits per heavy atom. The zero-order valence-electron chi connectivity index (χ0n) is 9.72. The summed E-state index contributed by atoms with van der Waals surface area (Å²) in [6, 6.07) is 0. The Labute approximate surface area is 100 Å². The molecule has 1 aliphatic rings. The summed E-state index contributed by atoms with van der Waals surface area (Å²) in [5, 5.41) is 7.60. The van der Waals surface area contributed by atoms with E-state index in [0.29, 0.717) is 38.8 Å². The summed E-state index contributed by atoms with van der Waals surface area (Å²) in [5.41, 5.74) is 5.29. The van der Waals surface area contributed by atoms with Gasteiger partial charge in [0.2, 0.25) is 11.8 Å². The number of carboxylic acid groups (broad SMARTS) is 1. The first-order chi connectivity index (χ1) is 8.02. The normalized spacial score (nSPS) is 15.0. The third kappa shape index (κ3) is 6.47. The van der Waals surface area contributed by atoms with Crippen LogP contribution in [0.5, 0.6) is 0 Å². The molecule has 0 aromatic heterocycles. The number of aliphatic carboxylic acids is 1. The molecular weight excluding hydrogens is 224 g/mol. The Hall–Kier alpha value is -1.69. The molecule has 1 heterocycles. The summed E-state index contributed by atoms with van der Waals surface area (Å²) in [4.78, 5) is 32.9. The van der Waals surface area contributed by atoms with Crippen molar-refractivity contribution in [3.8, 4) is 0 Å². The molecule has 0 atom stereocenters. The van der Waals surface area contributed by atoms with Crippen molar-refractivity contribution in [2.75, 3.05) is 13.1 Å². The number of hydrogen-bond donors (Lipinski definition) is 2. The van der Waals surface area contributed by atoms with Crippen LogP contribution in [0, 0.1) is 0 Å². The molecule has 1 saturated heterocycles. The van der Waals surface area contributed by atoms with Gasteiger partial charge in [-0.25, -0.2) is 4.79 Å². The lowest BCUT2D eigenvalue weighted by atomic mass is 10.1. The van der Waals surface area contributed by atoms with Gasteiger partial charge in [-0.2, -0.15) is 0 Å². The maximum Gasteiger partial charge on any atom is 0.327 e. The second-order valence-electron chi connectivity index (χ2n) is 3.48. The monoisotopic (exact) mass is 242 g/mol. The van der Waals surface area contributed by atoms with Gasteiger partial charge in [-0.1, -0.05) is 6.58 Å². The van der Waals surface area contributed by atoms with Crippen molar-refractivity contribution in [2.45, 2.75) is 25.7 Å². The number of hydrogen-bond acceptors (Lipinski definition) is 4. The topological polar surface area (TPSA) is 101 Å². The number of nitrogens with two attached hydrogens (primary N) is 1. The molecule has 0 aliphatic carbocycles. The molecule has 17 heavy (non-hydrogen) atoms. The molecule has 6 heteroatoms. The van der Waals surface area contributed by atoms with E-state index in [-0.39, 0.29) is 11.8 Å². The summed E-state index contributed by atoms with van der Waals surface area (Å²) < 4.78 is 0. The van der Waals surface area contributed by atoms with Crippen LogP contribution in [0.4, 0.5) is 0 Å². The van der Waals surface area contributed by atoms with Crippen molar-refractivity contribution < 1.29 is 19.5 Å². The van der Waals surface area contributed by atoms with Crippen molar-refractivity contribution in [1.29, 1.82) is 0 Å². The lowest BCUT2D eigenvalue weighted by Gasteiger charge is -2.24. The van der Waals surface area contributed by atoms with E-state index in [2.05, 4.69) is 6.58 Å². The summed E-state index contributed by atoms with van der Waals surface area (Å²) in [6.07, 6.45) is 3.26. The first-order valence-corrected chi connectivity index (χ1v) is 5.41. The molecule has 0 saturated carbocycles. The molecule has 0 spiro atoms. The minimum atomic E-state index is -0.981. The number of carboxylic acids is 1. The van der Waals surface area contributed by atoms with Gasteiger partial charge in [0.1, 0.15) is 0 Å². The van der Waals surface area contributed by atoms with E-state index in [1.54, 1.807) is 0 Å². The van der Waals surface area contributed by atoms with Crippen molar-refractivity contribution in [3.63, 3.8) is 0 Å². The zero-order chi connectivity index (χ0) is 13.3. The molecule has 0 unspecified atom stereocenters. The molecule has 0 radical (unpaired) electrons. The van der Waals surface area contributed by atoms with E-state index in [1.165, 1.54) is 4.90 Å². The van der Waals surface area contributed by atoms with Crippen LogP contribution in [0.1, 0.15) is 25.7 Å². The fourth-order valence-corrected chi connectivity index (χ4v) is 1.30. The quantitative estimate of drug-likeness (QED) is 0.539. The first kappa shape index (κ1) is 15.3. The van der Waals surface area contributed by atoms with Gasteiger partial charge in [0, 0.05) is 25.5 Å². The molecule has 96 valence electrons. The second-order valence-corrected chi connectivity index (χ2v) is 3.48. The molecule has 0 bridgehead atoms. The third-order valence-corrected chi connectivity index (χ3v) is 2.14. The van der Waals surface area contributed by atoms with Gasteiger partial charge in [-0.15, -0.1) is 0 Å². The van der Waals surface area contributed by atoms with Crippen molar-refractivity contribution >= 4 is 17.8 Å². The summed E-state index contributed by atoms with van der Waals surface area (Å²) >= 11 is 0. The van der Waals surface area contributed by atoms with Crippen LogP contribution in [0.2, 0.25) is 0 Å². The Balaban J connectivity index is 0.000000437. The van der Waals surface area contributed by atoms with Crippen LogP contribution >= 0.6 is 0 Å². The smallest absolute Gasteiger partial charge is 0.327 e. The number of rotatable bonds is 4. The van der Waals surface area contributed by atoms with Crippen LogP contribution in [0.3, 0.4) is 0 Å². The van der Waals surface area contributed by atoms with E-state index in [4.69, 9.17) is 10.8 Å². The van der Waals surface area contributed by atoms with E-state index in [1.807, 2.05) is 0 Å². The van der Waals surface area contributed by atoms with Crippen molar-refractivity contribution in [3.05, 3.63) is 12.7 Å². The van der Waals surface area contributed by atoms with Gasteiger partial charge in [0.15, 0.2) is 0 Å². The fraction of sp³-hybridized carbons (Fsp3) is 0.545. The minimum absolute atomic E-state index is 0.0419. The van der Waals surface area contributed by atoms with Gasteiger partial charge in [0.25, 0.3) is 0 Å². The Morgan fingerprint density at radius 2 is 1.88 bits per heavy atom. The number of carbonyl (C=O) groups excluding carboxylic acids is 2. The molecule has 0 aromatic carbocycles. The van der Waals surface area contributed by atoms with E-state index in [9.17, 15) is 14.4 Å². The average molecular weight is 242 g/mol. The van der Waals surface area contributed by atoms with E-state index in [0.717, 1.165) is 6.08 Å². The van der Waals surface area contributed by atoms with E-state index >= 15 is 0 Å². The first-order valence-electron chi connectivity index (χ1n) is 5.41. The minimum Gasteiger partial charge on any atom is -0.478 e. The summed E-state index contributed by atoms with van der Waals surface area (Å²) in [6.45, 7) is 3.98. The molecule has 6 nitrogen and oxygen atoms in total. The average Bonchev–Trinajstić information content (AvgIpc) is 2.29. The summed E-state index contributed by atoms with van der Waals surface area (Å²) in [7, 11) is 0. The van der Waals surface area contributed by atoms with Gasteiger partial charge in [0.05, 0.1) is 0 Å². The Morgan fingerprint density at radius 1 is 1.41 bits per heavy atom. The van der Waals surface area contributed by atoms with Crippen LogP contribution in [-0.2, 0) is 14.4 Å². The standard InChI is InChI=1S/C8H14N2O2.C3H4O2/c9-5-2-6-10-7(11)3-1-4-8(10)12;1-2-3(4)5/h1-6,9H2;2H,1H2,(H,4,5). The van der Waals surface area contributed by atoms with Gasteiger partial charge >= 0.3 is 5.97 Å². The maximum atomic E-state index is 11.2. The SMILES string of the molecule is C=CC(=O)O.NCCCN1C(=O)CCCC1=O. The van der Waals surface area contributed by atoms with Crippen LogP contribution in [-0.4, -0.2) is 40.9 Å². The molecule has 1 fully saturated rings. The highest BCUT2D eigenvalue weighted by molar-refractivity contribution is 5.97. The predicted octanol–water partition coefficient (Wildman–Crippen LogP) is 0.131. The largest absolute Gasteiger partial charge is 0.478 e. The summed E-state index contributed by atoms with van der Waals surface area (Å²) in [5.74, 6) is -1.07. The van der Waals surface area contributed by atoms with Crippen LogP contribution < -0.4 is 5.73 Å². The zero-order valence-corrected chi connectivity index (χ0v) is 9.72. The number of amides is 2. The van der Waals surface area contributed by atoms with Crippen molar-refractivity contribution in [2.24, 2.45) is 5.73 Å². The highest BCUT2D eigenvalue weighted by atomic mass is 16.4. The molecule has 2 amide bonds. The van der Waals surface area contributed by atoms with Crippen LogP contribution in [0.15, 0.2) is 12.7 Å². The van der Waals surface area contributed by atoms with Gasteiger partial charge < -0.3 is 10.8 Å². The highest BCUT2D eigenvalue weighted by Crippen LogP contribution is 2.11. The molecule has 1 aliphatic heterocycles. The highest BCUT2D eigenvalue weighted by Gasteiger charge is 2.24. The number of imide groups is 1. The maximum absolute atomic E-state index is 11.2. The van der Waals surface area contributed by atoms with E-state index < -0.39 is 5.97 Å². The molecule has 0 aromatic rings. The fourth-order valence-electron chi connectivity index (χ4n) is 1.30. The second kappa shape index (κ2) is 8.46. The van der Waals surface area contributed by atoms with Gasteiger partial charge in [-0.05, 0) is 19.4 Å². The predicted molar refractivity (Wildman–Crippen MR) is 62.1 cm³/mol. The number of nitrogens with zero attached hydrogens (tertiary/aromatic N) is 1. The molecular formula is C11H18N2O4. The number of piperidine rings is 1. The Bertz CT molecular complexity index is 286. The Kier molecular flexibility index (Phi) is 7.62. The lowest BCUT2D eigenvalue weighted by Crippen LogP contribution is -2.41. The van der Waals surface area contributed by atoms with Gasteiger partial charge in [-0.3, -0.25) is 14.5 Å². The molecule has 3 N–H and O–H groups in total.